The molecular weight excluding hydrogens is 687 g/mol. The molecule has 1 N–H and O–H groups in total. The number of nitrogens with one attached hydrogen (secondary N) is 1. The summed E-state index contributed by atoms with van der Waals surface area (Å²) in [5, 5.41) is 3.06. The molecule has 0 unspecified atom stereocenters. The van der Waals surface area contributed by atoms with E-state index in [0.717, 1.165) is 42.9 Å². The highest BCUT2D eigenvalue weighted by atomic mass is 79.9. The van der Waals surface area contributed by atoms with Crippen LogP contribution < -0.4 is 10.2 Å². The lowest BCUT2D eigenvalue weighted by atomic mass is 10.1. The van der Waals surface area contributed by atoms with Crippen LogP contribution in [0.1, 0.15) is 61.0 Å². The summed E-state index contributed by atoms with van der Waals surface area (Å²) < 4.78 is 46.2. The van der Waals surface area contributed by atoms with E-state index in [2.05, 4.69) is 64.7 Å². The van der Waals surface area contributed by atoms with E-state index in [1.54, 1.807) is 19.2 Å². The molecule has 0 bridgehead atoms. The minimum absolute atomic E-state index is 0.0955. The number of carbonyl (C=O) groups excluding carboxylic acids is 2. The van der Waals surface area contributed by atoms with Crippen LogP contribution in [-0.2, 0) is 22.3 Å². The van der Waals surface area contributed by atoms with E-state index in [9.17, 15) is 22.8 Å². The van der Waals surface area contributed by atoms with Gasteiger partial charge in [0.1, 0.15) is 11.5 Å². The number of ether oxygens (including phenoxy) is 1. The van der Waals surface area contributed by atoms with Crippen molar-refractivity contribution in [1.29, 1.82) is 0 Å². The molecule has 248 valence electrons. The normalized spacial score (nSPS) is 19.4. The SMILES string of the molecule is CCOC(=O)CCN1CCN(c2cnc(C(=O)Nc3nc(-c4cc(Br)cc(C(F)(F)F)c4)c(CN4CCC[C@H]4C)s3)cn2)C[C@@H]1C. The van der Waals surface area contributed by atoms with Crippen molar-refractivity contribution in [2.45, 2.75) is 64.8 Å². The third-order valence-corrected chi connectivity index (χ3v) is 9.74. The van der Waals surface area contributed by atoms with Crippen LogP contribution in [0.15, 0.2) is 35.1 Å². The molecule has 0 radical (unpaired) electrons. The molecule has 2 atom stereocenters. The number of anilines is 2. The second-order valence-electron chi connectivity index (χ2n) is 11.6. The van der Waals surface area contributed by atoms with Crippen molar-refractivity contribution in [1.82, 2.24) is 24.8 Å². The average molecular weight is 725 g/mol. The van der Waals surface area contributed by atoms with Gasteiger partial charge in [-0.25, -0.2) is 15.0 Å². The van der Waals surface area contributed by atoms with E-state index in [4.69, 9.17) is 4.74 Å². The van der Waals surface area contributed by atoms with Gasteiger partial charge in [0.05, 0.1) is 36.7 Å². The number of esters is 1. The Labute approximate surface area is 278 Å². The van der Waals surface area contributed by atoms with E-state index >= 15 is 0 Å². The first kappa shape index (κ1) is 34.2. The molecule has 5 rings (SSSR count). The number of benzene rings is 1. The Morgan fingerprint density at radius 2 is 1.89 bits per heavy atom. The molecule has 1 amide bonds. The van der Waals surface area contributed by atoms with Crippen LogP contribution in [0.3, 0.4) is 0 Å². The molecule has 2 saturated heterocycles. The van der Waals surface area contributed by atoms with Gasteiger partial charge in [0.2, 0.25) is 0 Å². The second kappa shape index (κ2) is 14.7. The summed E-state index contributed by atoms with van der Waals surface area (Å²) in [6, 6.07) is 4.26. The Bertz CT molecular complexity index is 1540. The van der Waals surface area contributed by atoms with Gasteiger partial charge in [0.15, 0.2) is 5.13 Å². The van der Waals surface area contributed by atoms with Gasteiger partial charge < -0.3 is 9.64 Å². The molecular formula is C31H37BrF3N7O3S. The number of piperazine rings is 1. The summed E-state index contributed by atoms with van der Waals surface area (Å²) in [5.74, 6) is -0.0723. The lowest BCUT2D eigenvalue weighted by Crippen LogP contribution is -2.52. The van der Waals surface area contributed by atoms with Crippen LogP contribution >= 0.6 is 27.3 Å². The predicted molar refractivity (Wildman–Crippen MR) is 174 cm³/mol. The molecule has 2 aromatic heterocycles. The van der Waals surface area contributed by atoms with E-state index in [0.29, 0.717) is 66.8 Å². The molecule has 15 heteroatoms. The maximum Gasteiger partial charge on any atom is 0.416 e. The molecule has 1 aromatic carbocycles. The minimum atomic E-state index is -4.52. The number of rotatable bonds is 10. The third kappa shape index (κ3) is 8.41. The van der Waals surface area contributed by atoms with Gasteiger partial charge in [-0.15, -0.1) is 0 Å². The van der Waals surface area contributed by atoms with Gasteiger partial charge in [0.25, 0.3) is 5.91 Å². The van der Waals surface area contributed by atoms with E-state index < -0.39 is 17.6 Å². The topological polar surface area (TPSA) is 104 Å². The lowest BCUT2D eigenvalue weighted by Gasteiger charge is -2.40. The van der Waals surface area contributed by atoms with Crippen molar-refractivity contribution in [2.75, 3.05) is 49.5 Å². The second-order valence-corrected chi connectivity index (χ2v) is 13.6. The zero-order valence-electron chi connectivity index (χ0n) is 25.9. The lowest BCUT2D eigenvalue weighted by molar-refractivity contribution is -0.143. The summed E-state index contributed by atoms with van der Waals surface area (Å²) >= 11 is 4.47. The van der Waals surface area contributed by atoms with Crippen LogP contribution in [-0.4, -0.2) is 88.0 Å². The number of thiazole rings is 1. The van der Waals surface area contributed by atoms with Gasteiger partial charge in [-0.3, -0.25) is 24.7 Å². The van der Waals surface area contributed by atoms with Crippen molar-refractivity contribution in [3.8, 4) is 11.3 Å². The zero-order valence-corrected chi connectivity index (χ0v) is 28.3. The number of alkyl halides is 3. The number of carbonyl (C=O) groups is 2. The number of hydrogen-bond donors (Lipinski definition) is 1. The first-order chi connectivity index (χ1) is 21.9. The molecule has 46 heavy (non-hydrogen) atoms. The molecule has 0 aliphatic carbocycles. The Balaban J connectivity index is 1.28. The van der Waals surface area contributed by atoms with Crippen molar-refractivity contribution < 1.29 is 27.5 Å². The largest absolute Gasteiger partial charge is 0.466 e. The fourth-order valence-corrected chi connectivity index (χ4v) is 7.30. The summed E-state index contributed by atoms with van der Waals surface area (Å²) in [6.45, 7) is 10.5. The smallest absolute Gasteiger partial charge is 0.416 e. The zero-order chi connectivity index (χ0) is 33.0. The summed E-state index contributed by atoms with van der Waals surface area (Å²) in [5.41, 5.74) is 0.0414. The highest BCUT2D eigenvalue weighted by molar-refractivity contribution is 9.10. The summed E-state index contributed by atoms with van der Waals surface area (Å²) in [4.78, 5) is 45.8. The van der Waals surface area contributed by atoms with Gasteiger partial charge in [-0.1, -0.05) is 27.3 Å². The van der Waals surface area contributed by atoms with Crippen LogP contribution in [0.2, 0.25) is 0 Å². The number of hydrogen-bond acceptors (Lipinski definition) is 10. The highest BCUT2D eigenvalue weighted by Gasteiger charge is 2.32. The van der Waals surface area contributed by atoms with Gasteiger partial charge in [-0.2, -0.15) is 13.2 Å². The number of nitrogens with zero attached hydrogens (tertiary/aromatic N) is 6. The quantitative estimate of drug-likeness (QED) is 0.249. The summed E-state index contributed by atoms with van der Waals surface area (Å²) in [6.07, 6.45) is 0.893. The Morgan fingerprint density at radius 3 is 2.54 bits per heavy atom. The standard InChI is InChI=1S/C31H37BrF3N7O3S/c1-4-45-27(43)7-9-40-10-11-42(17-20(40)3)26-16-36-24(15-37-26)29(44)39-30-38-28(25(46-30)18-41-8-5-6-19(41)2)21-12-22(31(33,34)35)14-23(32)13-21/h12-16,19-20H,4-11,17-18H2,1-3H3,(H,38,39,44)/t19-,20+/m1/s1. The Kier molecular flexibility index (Phi) is 11.0. The summed E-state index contributed by atoms with van der Waals surface area (Å²) in [7, 11) is 0. The van der Waals surface area contributed by atoms with Crippen molar-refractivity contribution in [3.05, 3.63) is 51.2 Å². The van der Waals surface area contributed by atoms with E-state index in [-0.39, 0.29) is 22.8 Å². The Morgan fingerprint density at radius 1 is 1.09 bits per heavy atom. The van der Waals surface area contributed by atoms with E-state index in [1.807, 2.05) is 0 Å². The Hall–Kier alpha value is -3.14. The number of halogens is 4. The number of likely N-dealkylation sites (tertiary alicyclic amines) is 1. The molecule has 10 nitrogen and oxygen atoms in total. The maximum absolute atomic E-state index is 13.6. The first-order valence-electron chi connectivity index (χ1n) is 15.3. The van der Waals surface area contributed by atoms with Crippen LogP contribution in [0.25, 0.3) is 11.3 Å². The monoisotopic (exact) mass is 723 g/mol. The molecule has 0 spiro atoms. The third-order valence-electron chi connectivity index (χ3n) is 8.32. The molecule has 4 heterocycles. The average Bonchev–Trinajstić information content (AvgIpc) is 3.61. The fraction of sp³-hybridized carbons (Fsp3) is 0.516. The maximum atomic E-state index is 13.6. The van der Waals surface area contributed by atoms with Gasteiger partial charge in [0, 0.05) is 59.7 Å². The van der Waals surface area contributed by atoms with Crippen LogP contribution in [0.4, 0.5) is 24.1 Å². The molecule has 3 aromatic rings. The first-order valence-corrected chi connectivity index (χ1v) is 16.9. The minimum Gasteiger partial charge on any atom is -0.466 e. The van der Waals surface area contributed by atoms with Crippen LogP contribution in [0, 0.1) is 0 Å². The van der Waals surface area contributed by atoms with Crippen molar-refractivity contribution in [2.24, 2.45) is 0 Å². The number of aromatic nitrogens is 3. The van der Waals surface area contributed by atoms with Gasteiger partial charge >= 0.3 is 12.1 Å². The van der Waals surface area contributed by atoms with Crippen molar-refractivity contribution in [3.63, 3.8) is 0 Å². The predicted octanol–water partition coefficient (Wildman–Crippen LogP) is 6.08. The number of amides is 1. The molecule has 2 aliphatic rings. The van der Waals surface area contributed by atoms with Gasteiger partial charge in [-0.05, 0) is 58.4 Å². The fourth-order valence-electron chi connectivity index (χ4n) is 5.81. The molecule has 0 saturated carbocycles. The molecule has 2 aliphatic heterocycles. The van der Waals surface area contributed by atoms with E-state index in [1.165, 1.54) is 17.5 Å². The van der Waals surface area contributed by atoms with Crippen molar-refractivity contribution >= 4 is 50.1 Å². The van der Waals surface area contributed by atoms with Crippen LogP contribution in [0.5, 0.6) is 0 Å². The highest BCUT2D eigenvalue weighted by Crippen LogP contribution is 2.39. The molecule has 2 fully saturated rings.